The molecule has 0 bridgehead atoms. The van der Waals surface area contributed by atoms with E-state index in [0.717, 1.165) is 35.6 Å². The molecule has 0 radical (unpaired) electrons. The Labute approximate surface area is 184 Å². The van der Waals surface area contributed by atoms with Crippen molar-refractivity contribution in [2.45, 2.75) is 25.2 Å². The van der Waals surface area contributed by atoms with E-state index in [1.165, 1.54) is 37.1 Å². The highest BCUT2D eigenvalue weighted by Gasteiger charge is 2.24. The molecule has 0 aliphatic carbocycles. The number of hydrogen-bond donors (Lipinski definition) is 1. The summed E-state index contributed by atoms with van der Waals surface area (Å²) in [7, 11) is 0. The van der Waals surface area contributed by atoms with E-state index in [0.29, 0.717) is 13.2 Å². The number of fused-ring (bicyclic) bond motifs is 1. The third kappa shape index (κ3) is 4.40. The number of rotatable bonds is 6. The summed E-state index contributed by atoms with van der Waals surface area (Å²) in [5.74, 6) is 2.20. The van der Waals surface area contributed by atoms with Gasteiger partial charge in [0.25, 0.3) is 0 Å². The number of nitrogens with zero attached hydrogens (tertiary/aromatic N) is 1. The topological polar surface area (TPSA) is 41.9 Å². The number of likely N-dealkylation sites (tertiary alicyclic amines) is 1. The highest BCUT2D eigenvalue weighted by molar-refractivity contribution is 5.71. The molecule has 1 N–H and O–H groups in total. The van der Waals surface area contributed by atoms with E-state index in [9.17, 15) is 5.11 Å². The Balaban J connectivity index is 1.45. The lowest BCUT2D eigenvalue weighted by molar-refractivity contribution is 0.238. The maximum atomic E-state index is 9.84. The summed E-state index contributed by atoms with van der Waals surface area (Å²) in [6.07, 6.45) is 3.52. The van der Waals surface area contributed by atoms with Gasteiger partial charge in [0.1, 0.15) is 23.9 Å². The Kier molecular flexibility index (Phi) is 5.81. The zero-order chi connectivity index (χ0) is 21.0. The quantitative estimate of drug-likeness (QED) is 0.581. The van der Waals surface area contributed by atoms with Crippen molar-refractivity contribution >= 4 is 0 Å². The number of phenolic OH excluding ortho intramolecular Hbond substituents is 1. The molecule has 2 aliphatic heterocycles. The molecule has 0 aromatic heterocycles. The molecule has 1 unspecified atom stereocenters. The van der Waals surface area contributed by atoms with Crippen LogP contribution in [0, 0.1) is 0 Å². The maximum absolute atomic E-state index is 9.84. The molecule has 4 heteroatoms. The molecule has 1 fully saturated rings. The van der Waals surface area contributed by atoms with E-state index in [4.69, 9.17) is 9.47 Å². The van der Waals surface area contributed by atoms with Gasteiger partial charge in [-0.25, -0.2) is 0 Å². The standard InChI is InChI=1S/C27H29NO3/c29-22-9-10-24-23(12-16-30-27(24)19-22)21-8-11-26(31-17-15-28-13-4-5-14-28)25(18-21)20-6-2-1-3-7-20/h1-3,6-11,18-19,23,29H,4-5,12-17H2. The monoisotopic (exact) mass is 415 g/mol. The first kappa shape index (κ1) is 20.0. The van der Waals surface area contributed by atoms with Crippen LogP contribution in [0.4, 0.5) is 0 Å². The van der Waals surface area contributed by atoms with Crippen molar-refractivity contribution in [3.05, 3.63) is 77.9 Å². The van der Waals surface area contributed by atoms with E-state index in [2.05, 4.69) is 47.4 Å². The fraction of sp³-hybridized carbons (Fsp3) is 0.333. The van der Waals surface area contributed by atoms with Crippen molar-refractivity contribution in [3.8, 4) is 28.4 Å². The van der Waals surface area contributed by atoms with Gasteiger partial charge in [0, 0.05) is 29.7 Å². The minimum atomic E-state index is 0.241. The highest BCUT2D eigenvalue weighted by Crippen LogP contribution is 2.42. The summed E-state index contributed by atoms with van der Waals surface area (Å²) < 4.78 is 12.1. The molecule has 2 aliphatic rings. The molecule has 3 aromatic rings. The van der Waals surface area contributed by atoms with Crippen LogP contribution < -0.4 is 9.47 Å². The Morgan fingerprint density at radius 3 is 2.65 bits per heavy atom. The lowest BCUT2D eigenvalue weighted by Gasteiger charge is -2.27. The molecular formula is C27H29NO3. The first-order chi connectivity index (χ1) is 15.3. The number of aromatic hydroxyl groups is 1. The average molecular weight is 416 g/mol. The summed E-state index contributed by atoms with van der Waals surface area (Å²) in [5, 5.41) is 9.84. The van der Waals surface area contributed by atoms with Gasteiger partial charge in [-0.15, -0.1) is 0 Å². The van der Waals surface area contributed by atoms with Crippen molar-refractivity contribution in [2.24, 2.45) is 0 Å². The molecule has 3 aromatic carbocycles. The van der Waals surface area contributed by atoms with Gasteiger partial charge < -0.3 is 14.6 Å². The van der Waals surface area contributed by atoms with Crippen LogP contribution in [0.15, 0.2) is 66.7 Å². The summed E-state index contributed by atoms with van der Waals surface area (Å²) in [5.41, 5.74) is 4.68. The van der Waals surface area contributed by atoms with Crippen LogP contribution in [0.1, 0.15) is 36.3 Å². The summed E-state index contributed by atoms with van der Waals surface area (Å²) >= 11 is 0. The van der Waals surface area contributed by atoms with Gasteiger partial charge in [-0.2, -0.15) is 0 Å². The van der Waals surface area contributed by atoms with Crippen molar-refractivity contribution in [1.29, 1.82) is 0 Å². The van der Waals surface area contributed by atoms with Gasteiger partial charge in [-0.05, 0) is 61.7 Å². The summed E-state index contributed by atoms with van der Waals surface area (Å²) in [4.78, 5) is 2.48. The van der Waals surface area contributed by atoms with Crippen molar-refractivity contribution < 1.29 is 14.6 Å². The first-order valence-corrected chi connectivity index (χ1v) is 11.3. The van der Waals surface area contributed by atoms with Crippen LogP contribution in [-0.2, 0) is 0 Å². The molecule has 0 amide bonds. The van der Waals surface area contributed by atoms with Crippen LogP contribution in [0.5, 0.6) is 17.2 Å². The van der Waals surface area contributed by atoms with Gasteiger partial charge in [0.2, 0.25) is 0 Å². The highest BCUT2D eigenvalue weighted by atomic mass is 16.5. The second-order valence-corrected chi connectivity index (χ2v) is 8.43. The zero-order valence-electron chi connectivity index (χ0n) is 17.8. The fourth-order valence-corrected chi connectivity index (χ4v) is 4.75. The van der Waals surface area contributed by atoms with Crippen LogP contribution in [0.25, 0.3) is 11.1 Å². The zero-order valence-corrected chi connectivity index (χ0v) is 17.8. The van der Waals surface area contributed by atoms with Gasteiger partial charge in [-0.3, -0.25) is 4.90 Å². The first-order valence-electron chi connectivity index (χ1n) is 11.3. The summed E-state index contributed by atoms with van der Waals surface area (Å²) in [6.45, 7) is 4.71. The van der Waals surface area contributed by atoms with Gasteiger partial charge in [-0.1, -0.05) is 42.5 Å². The molecule has 0 spiro atoms. The second kappa shape index (κ2) is 9.03. The maximum Gasteiger partial charge on any atom is 0.127 e. The van der Waals surface area contributed by atoms with E-state index in [1.807, 2.05) is 12.1 Å². The molecule has 1 saturated heterocycles. The Morgan fingerprint density at radius 1 is 0.968 bits per heavy atom. The SMILES string of the molecule is Oc1ccc2c(c1)OCCC2c1ccc(OCCN2CCCC2)c(-c2ccccc2)c1. The number of benzene rings is 3. The number of ether oxygens (including phenoxy) is 2. The van der Waals surface area contributed by atoms with Crippen LogP contribution in [-0.4, -0.2) is 42.9 Å². The number of phenols is 1. The van der Waals surface area contributed by atoms with Crippen LogP contribution in [0.3, 0.4) is 0 Å². The molecular weight excluding hydrogens is 386 g/mol. The smallest absolute Gasteiger partial charge is 0.127 e. The predicted molar refractivity (Wildman–Crippen MR) is 123 cm³/mol. The lowest BCUT2D eigenvalue weighted by atomic mass is 9.85. The Hall–Kier alpha value is -2.98. The van der Waals surface area contributed by atoms with Crippen LogP contribution >= 0.6 is 0 Å². The van der Waals surface area contributed by atoms with Gasteiger partial charge >= 0.3 is 0 Å². The average Bonchev–Trinajstić information content (AvgIpc) is 3.33. The molecule has 4 nitrogen and oxygen atoms in total. The molecule has 160 valence electrons. The van der Waals surface area contributed by atoms with Crippen molar-refractivity contribution in [3.63, 3.8) is 0 Å². The van der Waals surface area contributed by atoms with Gasteiger partial charge in [0.15, 0.2) is 0 Å². The van der Waals surface area contributed by atoms with E-state index < -0.39 is 0 Å². The van der Waals surface area contributed by atoms with E-state index >= 15 is 0 Å². The van der Waals surface area contributed by atoms with Crippen LogP contribution in [0.2, 0.25) is 0 Å². The third-order valence-corrected chi connectivity index (χ3v) is 6.39. The van der Waals surface area contributed by atoms with Gasteiger partial charge in [0.05, 0.1) is 6.61 Å². The molecule has 5 rings (SSSR count). The fourth-order valence-electron chi connectivity index (χ4n) is 4.75. The Morgan fingerprint density at radius 2 is 1.81 bits per heavy atom. The molecule has 0 saturated carbocycles. The van der Waals surface area contributed by atoms with E-state index in [-0.39, 0.29) is 11.7 Å². The summed E-state index contributed by atoms with van der Waals surface area (Å²) in [6, 6.07) is 22.5. The predicted octanol–water partition coefficient (Wildman–Crippen LogP) is 5.45. The Bertz CT molecular complexity index is 1030. The minimum absolute atomic E-state index is 0.241. The third-order valence-electron chi connectivity index (χ3n) is 6.39. The second-order valence-electron chi connectivity index (χ2n) is 8.43. The van der Waals surface area contributed by atoms with Crippen molar-refractivity contribution in [1.82, 2.24) is 4.90 Å². The van der Waals surface area contributed by atoms with E-state index in [1.54, 1.807) is 12.1 Å². The minimum Gasteiger partial charge on any atom is -0.508 e. The number of hydrogen-bond acceptors (Lipinski definition) is 4. The molecule has 1 atom stereocenters. The molecule has 2 heterocycles. The largest absolute Gasteiger partial charge is 0.508 e. The lowest BCUT2D eigenvalue weighted by Crippen LogP contribution is -2.25. The normalized spacial score (nSPS) is 18.4. The van der Waals surface area contributed by atoms with Crippen molar-refractivity contribution in [2.75, 3.05) is 32.8 Å². The molecule has 31 heavy (non-hydrogen) atoms.